The molecular weight excluding hydrogens is 400 g/mol. The third-order valence-corrected chi connectivity index (χ3v) is 7.68. The van der Waals surface area contributed by atoms with Crippen molar-refractivity contribution in [1.82, 2.24) is 0 Å². The molecule has 1 fully saturated rings. The van der Waals surface area contributed by atoms with Crippen molar-refractivity contribution in [1.29, 1.82) is 0 Å². The normalized spacial score (nSPS) is 16.5. The average molecular weight is 417 g/mol. The van der Waals surface area contributed by atoms with Gasteiger partial charge in [0.2, 0.25) is 10.0 Å². The van der Waals surface area contributed by atoms with Crippen molar-refractivity contribution in [3.05, 3.63) is 47.5 Å². The molecule has 0 unspecified atom stereocenters. The Morgan fingerprint density at radius 1 is 1.19 bits per heavy atom. The van der Waals surface area contributed by atoms with Crippen LogP contribution in [0.1, 0.15) is 6.42 Å². The summed E-state index contributed by atoms with van der Waals surface area (Å²) >= 11 is 5.97. The maximum atomic E-state index is 12.6. The fourth-order valence-corrected chi connectivity index (χ4v) is 5.86. The molecule has 1 saturated heterocycles. The van der Waals surface area contributed by atoms with Gasteiger partial charge in [-0.15, -0.1) is 0 Å². The van der Waals surface area contributed by atoms with Crippen LogP contribution in [0.15, 0.2) is 47.4 Å². The number of anilines is 2. The molecule has 10 heteroatoms. The van der Waals surface area contributed by atoms with E-state index in [-0.39, 0.29) is 27.1 Å². The first-order valence-electron chi connectivity index (χ1n) is 7.70. The highest BCUT2D eigenvalue weighted by Crippen LogP contribution is 2.34. The van der Waals surface area contributed by atoms with Crippen LogP contribution in [0.25, 0.3) is 0 Å². The maximum absolute atomic E-state index is 12.6. The third-order valence-electron chi connectivity index (χ3n) is 3.94. The molecule has 0 aliphatic carbocycles. The molecule has 0 spiro atoms. The number of hydrogen-bond donors (Lipinski definition) is 1. The van der Waals surface area contributed by atoms with E-state index in [1.807, 2.05) is 0 Å². The monoisotopic (exact) mass is 416 g/mol. The predicted octanol–water partition coefficient (Wildman–Crippen LogP) is 2.69. The molecule has 0 radical (unpaired) electrons. The molecule has 0 aromatic heterocycles. The molecule has 2 aromatic carbocycles. The molecular formula is C16H17ClN2O5S2. The topological polar surface area (TPSA) is 92.8 Å². The Bertz CT molecular complexity index is 1040. The molecule has 1 N–H and O–H groups in total. The highest BCUT2D eigenvalue weighted by molar-refractivity contribution is 7.93. The smallest absolute Gasteiger partial charge is 0.263 e. The Morgan fingerprint density at radius 3 is 2.54 bits per heavy atom. The number of benzene rings is 2. The summed E-state index contributed by atoms with van der Waals surface area (Å²) in [5.74, 6) is 0.302. The van der Waals surface area contributed by atoms with Gasteiger partial charge in [0, 0.05) is 12.6 Å². The zero-order chi connectivity index (χ0) is 18.9. The van der Waals surface area contributed by atoms with Crippen molar-refractivity contribution >= 4 is 43.0 Å². The summed E-state index contributed by atoms with van der Waals surface area (Å²) in [6.07, 6.45) is 0.547. The summed E-state index contributed by atoms with van der Waals surface area (Å²) in [5, 5.41) is 0.0961. The summed E-state index contributed by atoms with van der Waals surface area (Å²) in [6, 6.07) is 10.6. The molecule has 2 aromatic rings. The van der Waals surface area contributed by atoms with E-state index in [0.717, 1.165) is 0 Å². The zero-order valence-corrected chi connectivity index (χ0v) is 16.2. The highest BCUT2D eigenvalue weighted by atomic mass is 35.5. The summed E-state index contributed by atoms with van der Waals surface area (Å²) in [5.41, 5.74) is 0.618. The molecule has 140 valence electrons. The van der Waals surface area contributed by atoms with Crippen LogP contribution in [0.4, 0.5) is 11.4 Å². The van der Waals surface area contributed by atoms with E-state index in [4.69, 9.17) is 16.3 Å². The van der Waals surface area contributed by atoms with Crippen LogP contribution in [0.5, 0.6) is 5.75 Å². The van der Waals surface area contributed by atoms with Crippen molar-refractivity contribution in [3.8, 4) is 5.75 Å². The molecule has 1 aliphatic heterocycles. The first-order valence-corrected chi connectivity index (χ1v) is 11.2. The first-order chi connectivity index (χ1) is 12.2. The van der Waals surface area contributed by atoms with Crippen LogP contribution in [0.2, 0.25) is 5.02 Å². The van der Waals surface area contributed by atoms with Gasteiger partial charge >= 0.3 is 0 Å². The van der Waals surface area contributed by atoms with E-state index in [1.54, 1.807) is 12.1 Å². The van der Waals surface area contributed by atoms with Crippen molar-refractivity contribution in [2.75, 3.05) is 28.4 Å². The Balaban J connectivity index is 1.95. The van der Waals surface area contributed by atoms with Crippen molar-refractivity contribution in [2.45, 2.75) is 11.3 Å². The van der Waals surface area contributed by atoms with Crippen LogP contribution >= 0.6 is 11.6 Å². The summed E-state index contributed by atoms with van der Waals surface area (Å²) < 4.78 is 58.2. The molecule has 0 bridgehead atoms. The number of ether oxygens (including phenoxy) is 1. The van der Waals surface area contributed by atoms with Crippen LogP contribution in [0.3, 0.4) is 0 Å². The average Bonchev–Trinajstić information content (AvgIpc) is 2.94. The van der Waals surface area contributed by atoms with Crippen molar-refractivity contribution < 1.29 is 21.6 Å². The van der Waals surface area contributed by atoms with Gasteiger partial charge in [0.25, 0.3) is 10.0 Å². The second-order valence-electron chi connectivity index (χ2n) is 5.66. The lowest BCUT2D eigenvalue weighted by Gasteiger charge is -2.19. The van der Waals surface area contributed by atoms with Gasteiger partial charge < -0.3 is 4.74 Å². The molecule has 0 saturated carbocycles. The van der Waals surface area contributed by atoms with Gasteiger partial charge in [0.15, 0.2) is 0 Å². The molecule has 0 atom stereocenters. The van der Waals surface area contributed by atoms with Gasteiger partial charge in [-0.05, 0) is 30.7 Å². The van der Waals surface area contributed by atoms with Gasteiger partial charge in [-0.2, -0.15) is 0 Å². The lowest BCUT2D eigenvalue weighted by molar-refractivity contribution is 0.417. The van der Waals surface area contributed by atoms with E-state index in [0.29, 0.717) is 18.7 Å². The number of rotatable bonds is 5. The standard InChI is InChI=1S/C16H17ClN2O5S2/c1-24-15-11-12(19-9-4-10-25(19,20)21)7-8-14(15)18-26(22,23)16-6-3-2-5-13(16)17/h2-3,5-8,11,18H,4,9-10H2,1H3. The largest absolute Gasteiger partial charge is 0.494 e. The lowest BCUT2D eigenvalue weighted by Crippen LogP contribution is -2.25. The first kappa shape index (κ1) is 18.8. The minimum Gasteiger partial charge on any atom is -0.494 e. The SMILES string of the molecule is COc1cc(N2CCCS2(=O)=O)ccc1NS(=O)(=O)c1ccccc1Cl. The van der Waals surface area contributed by atoms with Gasteiger partial charge in [0.1, 0.15) is 10.6 Å². The quantitative estimate of drug-likeness (QED) is 0.808. The Labute approximate surface area is 157 Å². The molecule has 3 rings (SSSR count). The molecule has 26 heavy (non-hydrogen) atoms. The highest BCUT2D eigenvalue weighted by Gasteiger charge is 2.29. The van der Waals surface area contributed by atoms with Crippen molar-refractivity contribution in [2.24, 2.45) is 0 Å². The Kier molecular flexibility index (Phi) is 5.05. The minimum absolute atomic E-state index is 0.0603. The minimum atomic E-state index is -3.93. The van der Waals surface area contributed by atoms with E-state index in [9.17, 15) is 16.8 Å². The van der Waals surface area contributed by atoms with Gasteiger partial charge in [-0.1, -0.05) is 23.7 Å². The number of methoxy groups -OCH3 is 1. The van der Waals surface area contributed by atoms with E-state index < -0.39 is 20.0 Å². The lowest BCUT2D eigenvalue weighted by atomic mass is 10.2. The van der Waals surface area contributed by atoms with Crippen LogP contribution in [-0.4, -0.2) is 36.2 Å². The van der Waals surface area contributed by atoms with Crippen LogP contribution in [-0.2, 0) is 20.0 Å². The number of halogens is 1. The van der Waals surface area contributed by atoms with Gasteiger partial charge in [0.05, 0.1) is 29.3 Å². The Morgan fingerprint density at radius 2 is 1.92 bits per heavy atom. The van der Waals surface area contributed by atoms with Crippen LogP contribution < -0.4 is 13.8 Å². The third kappa shape index (κ3) is 3.60. The van der Waals surface area contributed by atoms with E-state index >= 15 is 0 Å². The summed E-state index contributed by atoms with van der Waals surface area (Å²) in [4.78, 5) is -0.0603. The van der Waals surface area contributed by atoms with Crippen molar-refractivity contribution in [3.63, 3.8) is 0 Å². The number of nitrogens with one attached hydrogen (secondary N) is 1. The second-order valence-corrected chi connectivity index (χ2v) is 9.73. The number of nitrogens with zero attached hydrogens (tertiary/aromatic N) is 1. The summed E-state index contributed by atoms with van der Waals surface area (Å²) in [6.45, 7) is 0.385. The number of hydrogen-bond acceptors (Lipinski definition) is 5. The van der Waals surface area contributed by atoms with Gasteiger partial charge in [-0.3, -0.25) is 9.03 Å². The molecule has 1 heterocycles. The van der Waals surface area contributed by atoms with E-state index in [1.165, 1.54) is 41.7 Å². The predicted molar refractivity (Wildman–Crippen MR) is 101 cm³/mol. The molecule has 1 aliphatic rings. The molecule has 7 nitrogen and oxygen atoms in total. The fourth-order valence-electron chi connectivity index (χ4n) is 2.71. The van der Waals surface area contributed by atoms with E-state index in [2.05, 4.69) is 4.72 Å². The second kappa shape index (κ2) is 6.98. The maximum Gasteiger partial charge on any atom is 0.263 e. The van der Waals surface area contributed by atoms with Crippen LogP contribution in [0, 0.1) is 0 Å². The summed E-state index contributed by atoms with van der Waals surface area (Å²) in [7, 11) is -5.89. The van der Waals surface area contributed by atoms with Gasteiger partial charge in [-0.25, -0.2) is 16.8 Å². The molecule has 0 amide bonds. The fraction of sp³-hybridized carbons (Fsp3) is 0.250. The zero-order valence-electron chi connectivity index (χ0n) is 13.8. The number of sulfonamides is 2. The Hall–Kier alpha value is -1.97.